The Balaban J connectivity index is 1.54. The number of carbonyl (C=O) groups is 1. The number of amides is 1. The second kappa shape index (κ2) is 7.06. The van der Waals surface area contributed by atoms with Crippen LogP contribution in [0.5, 0.6) is 0 Å². The number of likely N-dealkylation sites (N-methyl/N-ethyl adjacent to an activating group) is 1. The molecule has 3 rings (SSSR count). The van der Waals surface area contributed by atoms with E-state index in [-0.39, 0.29) is 24.7 Å². The molecular weight excluding hydrogens is 300 g/mol. The van der Waals surface area contributed by atoms with Crippen LogP contribution >= 0.6 is 11.3 Å². The van der Waals surface area contributed by atoms with E-state index in [9.17, 15) is 4.79 Å². The number of aryl methyl sites for hydroxylation is 2. The van der Waals surface area contributed by atoms with Crippen LogP contribution < -0.4 is 0 Å². The van der Waals surface area contributed by atoms with Gasteiger partial charge in [-0.2, -0.15) is 0 Å². The Morgan fingerprint density at radius 3 is 3.09 bits per heavy atom. The van der Waals surface area contributed by atoms with Crippen molar-refractivity contribution < 1.29 is 14.3 Å². The third-order valence-corrected chi connectivity index (χ3v) is 5.56. The van der Waals surface area contributed by atoms with Crippen molar-refractivity contribution in [3.63, 3.8) is 0 Å². The molecule has 1 aromatic heterocycles. The molecule has 0 aromatic carbocycles. The van der Waals surface area contributed by atoms with Crippen molar-refractivity contribution in [3.05, 3.63) is 15.6 Å². The summed E-state index contributed by atoms with van der Waals surface area (Å²) in [4.78, 5) is 20.1. The molecule has 2 heterocycles. The van der Waals surface area contributed by atoms with Gasteiger partial charge in [0.15, 0.2) is 0 Å². The van der Waals surface area contributed by atoms with Crippen molar-refractivity contribution in [2.75, 3.05) is 26.9 Å². The zero-order valence-electron chi connectivity index (χ0n) is 13.3. The molecule has 1 fully saturated rings. The highest BCUT2D eigenvalue weighted by molar-refractivity contribution is 7.11. The number of ether oxygens (including phenoxy) is 2. The first-order valence-electron chi connectivity index (χ1n) is 8.06. The fourth-order valence-electron chi connectivity index (χ4n) is 3.22. The molecule has 2 aliphatic rings. The van der Waals surface area contributed by atoms with Crippen molar-refractivity contribution >= 4 is 17.2 Å². The Hall–Kier alpha value is -0.980. The Kier molecular flexibility index (Phi) is 5.10. The number of hydrogen-bond donors (Lipinski definition) is 0. The van der Waals surface area contributed by atoms with Crippen LogP contribution in [0.15, 0.2) is 0 Å². The maximum atomic E-state index is 12.4. The molecule has 0 N–H and O–H groups in total. The van der Waals surface area contributed by atoms with Gasteiger partial charge in [0, 0.05) is 13.7 Å². The highest BCUT2D eigenvalue weighted by Crippen LogP contribution is 2.37. The quantitative estimate of drug-likeness (QED) is 0.835. The molecule has 0 bridgehead atoms. The summed E-state index contributed by atoms with van der Waals surface area (Å²) in [6, 6.07) is 0.161. The fraction of sp³-hybridized carbons (Fsp3) is 0.750. The molecule has 1 aromatic rings. The van der Waals surface area contributed by atoms with Crippen molar-refractivity contribution in [1.82, 2.24) is 9.88 Å². The molecule has 122 valence electrons. The first kappa shape index (κ1) is 15.9. The van der Waals surface area contributed by atoms with Gasteiger partial charge in [0.25, 0.3) is 0 Å². The van der Waals surface area contributed by atoms with E-state index < -0.39 is 0 Å². The number of carbonyl (C=O) groups excluding carboxylic acids is 1. The number of rotatable bonds is 5. The van der Waals surface area contributed by atoms with Gasteiger partial charge in [-0.15, -0.1) is 11.3 Å². The van der Waals surface area contributed by atoms with Crippen molar-refractivity contribution in [3.8, 4) is 0 Å². The van der Waals surface area contributed by atoms with E-state index in [0.717, 1.165) is 43.7 Å². The zero-order valence-corrected chi connectivity index (χ0v) is 14.2. The molecule has 1 saturated heterocycles. The first-order valence-corrected chi connectivity index (χ1v) is 8.88. The van der Waals surface area contributed by atoms with Crippen molar-refractivity contribution in [1.29, 1.82) is 0 Å². The van der Waals surface area contributed by atoms with Gasteiger partial charge in [0.2, 0.25) is 5.91 Å². The van der Waals surface area contributed by atoms with Crippen LogP contribution in [0.2, 0.25) is 0 Å². The average Bonchev–Trinajstić information content (AvgIpc) is 3.14. The number of nitrogens with zero attached hydrogens (tertiary/aromatic N) is 2. The van der Waals surface area contributed by atoms with E-state index in [2.05, 4.69) is 4.98 Å². The van der Waals surface area contributed by atoms with Gasteiger partial charge >= 0.3 is 0 Å². The largest absolute Gasteiger partial charge is 0.376 e. The van der Waals surface area contributed by atoms with Crippen LogP contribution in [0.3, 0.4) is 0 Å². The van der Waals surface area contributed by atoms with Gasteiger partial charge in [0.1, 0.15) is 6.61 Å². The van der Waals surface area contributed by atoms with Crippen LogP contribution in [-0.2, 0) is 20.7 Å². The molecule has 0 unspecified atom stereocenters. The summed E-state index contributed by atoms with van der Waals surface area (Å²) in [5, 5.41) is 1.09. The van der Waals surface area contributed by atoms with E-state index in [4.69, 9.17) is 9.47 Å². The van der Waals surface area contributed by atoms with E-state index in [1.54, 1.807) is 11.3 Å². The predicted molar refractivity (Wildman–Crippen MR) is 85.1 cm³/mol. The van der Waals surface area contributed by atoms with Crippen LogP contribution in [0.1, 0.15) is 47.3 Å². The molecule has 0 saturated carbocycles. The first-order chi connectivity index (χ1) is 10.6. The standard InChI is InChI=1S/C16H24N2O3S/c1-11-17-13-6-3-7-14(16(13)22-11)18(2)15(19)10-20-9-12-5-4-8-21-12/h12,14H,3-10H2,1-2H3/t12-,14+/m1/s1. The molecule has 5 nitrogen and oxygen atoms in total. The number of aromatic nitrogens is 1. The van der Waals surface area contributed by atoms with Crippen LogP contribution in [0, 0.1) is 6.92 Å². The molecule has 1 aliphatic heterocycles. The average molecular weight is 324 g/mol. The maximum Gasteiger partial charge on any atom is 0.248 e. The minimum Gasteiger partial charge on any atom is -0.376 e. The Morgan fingerprint density at radius 2 is 2.32 bits per heavy atom. The van der Waals surface area contributed by atoms with Gasteiger partial charge in [-0.1, -0.05) is 0 Å². The lowest BCUT2D eigenvalue weighted by molar-refractivity contribution is -0.138. The topological polar surface area (TPSA) is 51.7 Å². The third kappa shape index (κ3) is 3.50. The summed E-state index contributed by atoms with van der Waals surface area (Å²) < 4.78 is 11.1. The summed E-state index contributed by atoms with van der Waals surface area (Å²) in [6.45, 7) is 3.51. The summed E-state index contributed by atoms with van der Waals surface area (Å²) in [5.41, 5.74) is 1.18. The minimum absolute atomic E-state index is 0.0434. The van der Waals surface area contributed by atoms with Crippen LogP contribution in [0.4, 0.5) is 0 Å². The molecule has 2 atom stereocenters. The molecule has 0 radical (unpaired) electrons. The number of thiazole rings is 1. The Morgan fingerprint density at radius 1 is 1.45 bits per heavy atom. The monoisotopic (exact) mass is 324 g/mol. The molecule has 22 heavy (non-hydrogen) atoms. The predicted octanol–water partition coefficient (Wildman–Crippen LogP) is 2.48. The van der Waals surface area contributed by atoms with Gasteiger partial charge in [-0.25, -0.2) is 4.98 Å². The molecule has 1 aliphatic carbocycles. The van der Waals surface area contributed by atoms with Crippen LogP contribution in [0.25, 0.3) is 0 Å². The Labute approximate surface area is 135 Å². The molecule has 6 heteroatoms. The second-order valence-corrected chi connectivity index (χ2v) is 7.34. The molecule has 1 amide bonds. The Bertz CT molecular complexity index is 525. The third-order valence-electron chi connectivity index (χ3n) is 4.44. The summed E-state index contributed by atoms with van der Waals surface area (Å²) in [7, 11) is 1.88. The highest BCUT2D eigenvalue weighted by atomic mass is 32.1. The van der Waals surface area contributed by atoms with Gasteiger partial charge in [0.05, 0.1) is 34.3 Å². The smallest absolute Gasteiger partial charge is 0.248 e. The van der Waals surface area contributed by atoms with Crippen molar-refractivity contribution in [2.45, 2.75) is 51.2 Å². The van der Waals surface area contributed by atoms with Crippen LogP contribution in [-0.4, -0.2) is 48.8 Å². The minimum atomic E-state index is 0.0434. The van der Waals surface area contributed by atoms with Gasteiger partial charge in [-0.3, -0.25) is 4.79 Å². The highest BCUT2D eigenvalue weighted by Gasteiger charge is 2.29. The van der Waals surface area contributed by atoms with E-state index >= 15 is 0 Å². The normalized spacial score (nSPS) is 24.3. The summed E-state index contributed by atoms with van der Waals surface area (Å²) in [6.07, 6.45) is 5.45. The summed E-state index contributed by atoms with van der Waals surface area (Å²) in [5.74, 6) is 0.0434. The van der Waals surface area contributed by atoms with Gasteiger partial charge in [-0.05, 0) is 39.0 Å². The molecule has 0 spiro atoms. The lowest BCUT2D eigenvalue weighted by Crippen LogP contribution is -2.35. The number of hydrogen-bond acceptors (Lipinski definition) is 5. The van der Waals surface area contributed by atoms with E-state index in [1.807, 2.05) is 18.9 Å². The second-order valence-electron chi connectivity index (χ2n) is 6.11. The zero-order chi connectivity index (χ0) is 15.5. The van der Waals surface area contributed by atoms with Crippen molar-refractivity contribution in [2.24, 2.45) is 0 Å². The SMILES string of the molecule is Cc1nc2c(s1)[C@@H](N(C)C(=O)COC[C@H]1CCCO1)CCC2. The number of fused-ring (bicyclic) bond motifs is 1. The van der Waals surface area contributed by atoms with Gasteiger partial charge < -0.3 is 14.4 Å². The maximum absolute atomic E-state index is 12.4. The van der Waals surface area contributed by atoms with E-state index in [1.165, 1.54) is 10.6 Å². The lowest BCUT2D eigenvalue weighted by Gasteiger charge is -2.30. The fourth-order valence-corrected chi connectivity index (χ4v) is 4.37. The lowest BCUT2D eigenvalue weighted by atomic mass is 9.97. The van der Waals surface area contributed by atoms with E-state index in [0.29, 0.717) is 6.61 Å². The molecular formula is C16H24N2O3S. The summed E-state index contributed by atoms with van der Waals surface area (Å²) >= 11 is 1.72.